The topological polar surface area (TPSA) is 44.8 Å². The zero-order valence-electron chi connectivity index (χ0n) is 15.8. The Balaban J connectivity index is 2.90. The molecule has 1 rings (SSSR count). The number of carbonyl (C=O) groups is 1. The number of alkyl halides is 1. The number of halogens is 1. The van der Waals surface area contributed by atoms with Crippen LogP contribution in [-0.2, 0) is 13.9 Å². The molecule has 0 aromatic heterocycles. The maximum atomic E-state index is 11.8. The summed E-state index contributed by atoms with van der Waals surface area (Å²) in [5, 5.41) is 0. The van der Waals surface area contributed by atoms with Gasteiger partial charge in [0.25, 0.3) is 0 Å². The van der Waals surface area contributed by atoms with E-state index in [-0.39, 0.29) is 22.1 Å². The fourth-order valence-electron chi connectivity index (χ4n) is 4.11. The van der Waals surface area contributed by atoms with Gasteiger partial charge in [-0.15, -0.1) is 0 Å². The Kier molecular flexibility index (Phi) is 7.86. The van der Waals surface area contributed by atoms with Crippen molar-refractivity contribution in [1.29, 1.82) is 0 Å². The lowest BCUT2D eigenvalue weighted by Gasteiger charge is -2.44. The summed E-state index contributed by atoms with van der Waals surface area (Å²) in [7, 11) is -1.95. The lowest BCUT2D eigenvalue weighted by atomic mass is 9.95. The Labute approximate surface area is 156 Å². The first-order valence-corrected chi connectivity index (χ1v) is 12.1. The molecule has 0 radical (unpaired) electrons. The zero-order chi connectivity index (χ0) is 17.9. The molecular weight excluding hydrogens is 423 g/mol. The third-order valence-electron chi connectivity index (χ3n) is 5.24. The molecule has 0 bridgehead atoms. The van der Waals surface area contributed by atoms with Gasteiger partial charge in [0.15, 0.2) is 0 Å². The summed E-state index contributed by atoms with van der Waals surface area (Å²) < 4.78 is 17.7. The molecule has 4 atom stereocenters. The van der Waals surface area contributed by atoms with Gasteiger partial charge in [-0.2, -0.15) is 0 Å². The quantitative estimate of drug-likeness (QED) is 0.218. The molecule has 0 aliphatic carbocycles. The molecule has 23 heavy (non-hydrogen) atoms. The van der Waals surface area contributed by atoms with Crippen LogP contribution >= 0.6 is 22.6 Å². The predicted molar refractivity (Wildman–Crippen MR) is 105 cm³/mol. The van der Waals surface area contributed by atoms with E-state index in [1.165, 1.54) is 0 Å². The SMILES string of the molecule is CC(C)[Si](OC[C@@H]1OC(=O)O[C@@H]([C@H](C)I)[C@@H]1C)(C(C)C)C(C)C. The molecule has 0 aromatic rings. The van der Waals surface area contributed by atoms with Crippen molar-refractivity contribution in [3.63, 3.8) is 0 Å². The molecule has 1 aliphatic heterocycles. The predicted octanol–water partition coefficient (Wildman–Crippen LogP) is 5.54. The summed E-state index contributed by atoms with van der Waals surface area (Å²) in [5.74, 6) is 0.137. The summed E-state index contributed by atoms with van der Waals surface area (Å²) in [6.45, 7) is 18.2. The number of hydrogen-bond acceptors (Lipinski definition) is 4. The highest BCUT2D eigenvalue weighted by molar-refractivity contribution is 14.1. The number of cyclic esters (lactones) is 2. The lowest BCUT2D eigenvalue weighted by Crippen LogP contribution is -2.53. The van der Waals surface area contributed by atoms with E-state index in [4.69, 9.17) is 13.9 Å². The summed E-state index contributed by atoms with van der Waals surface area (Å²) in [6, 6.07) is 0. The van der Waals surface area contributed by atoms with Crippen LogP contribution < -0.4 is 0 Å². The van der Waals surface area contributed by atoms with Gasteiger partial charge in [0.05, 0.1) is 6.61 Å². The van der Waals surface area contributed by atoms with Crippen molar-refractivity contribution in [2.24, 2.45) is 5.92 Å². The van der Waals surface area contributed by atoms with Crippen LogP contribution in [0, 0.1) is 5.92 Å². The first-order valence-electron chi connectivity index (χ1n) is 8.69. The normalized spacial score (nSPS) is 27.3. The zero-order valence-corrected chi connectivity index (χ0v) is 18.9. The van der Waals surface area contributed by atoms with Gasteiger partial charge >= 0.3 is 6.16 Å². The van der Waals surface area contributed by atoms with Crippen LogP contribution in [0.4, 0.5) is 4.79 Å². The molecule has 0 unspecified atom stereocenters. The summed E-state index contributed by atoms with van der Waals surface area (Å²) in [5.41, 5.74) is 1.56. The van der Waals surface area contributed by atoms with Crippen molar-refractivity contribution >= 4 is 37.1 Å². The standard InChI is InChI=1S/C17H33IO4Si/c1-10(2)23(11(3)4,12(5)6)20-9-15-13(7)16(14(8)18)22-17(19)21-15/h10-16H,9H2,1-8H3/t13-,14+,15+,16-/m1/s1. The summed E-state index contributed by atoms with van der Waals surface area (Å²) >= 11 is 2.31. The maximum absolute atomic E-state index is 11.8. The smallest absolute Gasteiger partial charge is 0.429 e. The molecule has 0 saturated carbocycles. The molecule has 136 valence electrons. The van der Waals surface area contributed by atoms with Gasteiger partial charge in [0, 0.05) is 9.84 Å². The molecule has 0 N–H and O–H groups in total. The number of ether oxygens (including phenoxy) is 2. The van der Waals surface area contributed by atoms with E-state index in [9.17, 15) is 4.79 Å². The van der Waals surface area contributed by atoms with Crippen molar-refractivity contribution in [1.82, 2.24) is 0 Å². The first kappa shape index (κ1) is 21.2. The number of carbonyl (C=O) groups excluding carboxylic acids is 1. The monoisotopic (exact) mass is 456 g/mol. The fourth-order valence-corrected chi connectivity index (χ4v) is 10.4. The molecule has 1 aliphatic rings. The van der Waals surface area contributed by atoms with E-state index in [2.05, 4.69) is 78.0 Å². The van der Waals surface area contributed by atoms with E-state index in [1.807, 2.05) is 0 Å². The van der Waals surface area contributed by atoms with Gasteiger partial charge in [-0.3, -0.25) is 0 Å². The molecule has 1 saturated heterocycles. The first-order chi connectivity index (χ1) is 10.5. The van der Waals surface area contributed by atoms with Gasteiger partial charge in [-0.25, -0.2) is 4.79 Å². The molecule has 6 heteroatoms. The van der Waals surface area contributed by atoms with Crippen molar-refractivity contribution in [3.05, 3.63) is 0 Å². The van der Waals surface area contributed by atoms with Crippen LogP contribution in [0.2, 0.25) is 16.6 Å². The van der Waals surface area contributed by atoms with E-state index >= 15 is 0 Å². The van der Waals surface area contributed by atoms with Crippen molar-refractivity contribution in [2.45, 2.75) is 88.1 Å². The minimum absolute atomic E-state index is 0.112. The molecule has 0 aromatic carbocycles. The van der Waals surface area contributed by atoms with E-state index in [1.54, 1.807) is 0 Å². The number of hydrogen-bond donors (Lipinski definition) is 0. The van der Waals surface area contributed by atoms with E-state index in [0.29, 0.717) is 23.2 Å². The van der Waals surface area contributed by atoms with Crippen molar-refractivity contribution in [3.8, 4) is 0 Å². The van der Waals surface area contributed by atoms with E-state index in [0.717, 1.165) is 0 Å². The molecule has 1 heterocycles. The van der Waals surface area contributed by atoms with Gasteiger partial charge in [-0.1, -0.05) is 71.1 Å². The van der Waals surface area contributed by atoms with Crippen LogP contribution in [0.3, 0.4) is 0 Å². The Bertz CT molecular complexity index is 376. The average Bonchev–Trinajstić information content (AvgIpc) is 2.41. The second-order valence-electron chi connectivity index (χ2n) is 7.65. The second-order valence-corrected chi connectivity index (χ2v) is 15.1. The molecule has 1 fully saturated rings. The Morgan fingerprint density at radius 2 is 1.52 bits per heavy atom. The highest BCUT2D eigenvalue weighted by Crippen LogP contribution is 2.42. The highest BCUT2D eigenvalue weighted by atomic mass is 127. The van der Waals surface area contributed by atoms with Crippen LogP contribution in [0.15, 0.2) is 0 Å². The largest absolute Gasteiger partial charge is 0.508 e. The van der Waals surface area contributed by atoms with Gasteiger partial charge < -0.3 is 13.9 Å². The van der Waals surface area contributed by atoms with Crippen LogP contribution in [0.1, 0.15) is 55.4 Å². The van der Waals surface area contributed by atoms with Crippen LogP contribution in [-0.4, -0.2) is 37.2 Å². The molecule has 0 spiro atoms. The third-order valence-corrected chi connectivity index (χ3v) is 12.0. The lowest BCUT2D eigenvalue weighted by molar-refractivity contribution is -0.104. The average molecular weight is 456 g/mol. The Morgan fingerprint density at radius 3 is 1.91 bits per heavy atom. The Morgan fingerprint density at radius 1 is 1.04 bits per heavy atom. The van der Waals surface area contributed by atoms with Crippen molar-refractivity contribution in [2.75, 3.05) is 6.61 Å². The fraction of sp³-hybridized carbons (Fsp3) is 0.941. The van der Waals surface area contributed by atoms with Crippen LogP contribution in [0.5, 0.6) is 0 Å². The summed E-state index contributed by atoms with van der Waals surface area (Å²) in [4.78, 5) is 11.8. The third kappa shape index (κ3) is 4.63. The Hall–Kier alpha value is 0.177. The molecular formula is C17H33IO4Si. The van der Waals surface area contributed by atoms with Crippen molar-refractivity contribution < 1.29 is 18.7 Å². The van der Waals surface area contributed by atoms with Gasteiger partial charge in [0.2, 0.25) is 8.32 Å². The second kappa shape index (κ2) is 8.51. The van der Waals surface area contributed by atoms with Gasteiger partial charge in [0.1, 0.15) is 12.2 Å². The highest BCUT2D eigenvalue weighted by Gasteiger charge is 2.47. The minimum Gasteiger partial charge on any atom is -0.429 e. The molecule has 4 nitrogen and oxygen atoms in total. The minimum atomic E-state index is -1.95. The summed E-state index contributed by atoms with van der Waals surface area (Å²) in [6.07, 6.45) is -0.892. The van der Waals surface area contributed by atoms with Gasteiger partial charge in [-0.05, 0) is 23.5 Å². The van der Waals surface area contributed by atoms with E-state index < -0.39 is 14.5 Å². The van der Waals surface area contributed by atoms with Crippen LogP contribution in [0.25, 0.3) is 0 Å². The molecule has 0 amide bonds. The number of rotatable bonds is 7. The maximum Gasteiger partial charge on any atom is 0.508 e.